The SMILES string of the molecule is O=P(O)(O)O.[AlH3].[Ca+2].[Ca+2].[Ca+2].[H-].[H-].[H-].[H-].[H-].[H-]. The van der Waals surface area contributed by atoms with Gasteiger partial charge in [0.15, 0.2) is 17.4 Å². The smallest absolute Gasteiger partial charge is 1.00 e. The van der Waals surface area contributed by atoms with E-state index in [1.165, 1.54) is 0 Å². The molecule has 0 aliphatic rings. The number of phosphoric acid groups is 1. The zero-order chi connectivity index (χ0) is 4.50. The van der Waals surface area contributed by atoms with Gasteiger partial charge in [-0.1, -0.05) is 0 Å². The van der Waals surface area contributed by atoms with Gasteiger partial charge in [-0.2, -0.15) is 0 Å². The minimum Gasteiger partial charge on any atom is -1.00 e. The Balaban J connectivity index is -0.00000000178. The summed E-state index contributed by atoms with van der Waals surface area (Å²) < 4.78 is 8.88. The summed E-state index contributed by atoms with van der Waals surface area (Å²) in [6.07, 6.45) is 0. The van der Waals surface area contributed by atoms with Gasteiger partial charge in [0.05, 0.1) is 0 Å². The maximum absolute atomic E-state index is 8.88. The zero-order valence-electron chi connectivity index (χ0n) is 10.3. The second kappa shape index (κ2) is 14.9. The summed E-state index contributed by atoms with van der Waals surface area (Å²) in [6.45, 7) is 0. The molecular weight excluding hydrogens is 242 g/mol. The first-order valence-electron chi connectivity index (χ1n) is 0.783. The van der Waals surface area contributed by atoms with Crippen molar-refractivity contribution in [3.05, 3.63) is 0 Å². The van der Waals surface area contributed by atoms with Gasteiger partial charge in [0, 0.05) is 0 Å². The van der Waals surface area contributed by atoms with E-state index in [1.54, 1.807) is 0 Å². The van der Waals surface area contributed by atoms with Gasteiger partial charge in [-0.15, -0.1) is 0 Å². The van der Waals surface area contributed by atoms with Gasteiger partial charge in [0.2, 0.25) is 0 Å². The van der Waals surface area contributed by atoms with Crippen LogP contribution in [0.4, 0.5) is 0 Å². The summed E-state index contributed by atoms with van der Waals surface area (Å²) in [7, 11) is -4.64. The molecule has 0 atom stereocenters. The normalized spacial score (nSPS) is 6.56. The third kappa shape index (κ3) is 69.0. The van der Waals surface area contributed by atoms with Gasteiger partial charge in [-0.3, -0.25) is 0 Å². The summed E-state index contributed by atoms with van der Waals surface area (Å²) in [4.78, 5) is 21.6. The molecule has 0 spiro atoms. The predicted molar refractivity (Wildman–Crippen MR) is 48.1 cm³/mol. The topological polar surface area (TPSA) is 77.8 Å². The second-order valence-corrected chi connectivity index (χ2v) is 1.54. The third-order valence-corrected chi connectivity index (χ3v) is 0. The van der Waals surface area contributed by atoms with Crippen LogP contribution in [-0.4, -0.2) is 145 Å². The van der Waals surface area contributed by atoms with Crippen molar-refractivity contribution in [2.75, 3.05) is 0 Å². The minimum absolute atomic E-state index is 0. The Hall–Kier alpha value is 4.42. The molecule has 0 radical (unpaired) electrons. The summed E-state index contributed by atoms with van der Waals surface area (Å²) in [5.41, 5.74) is 0. The van der Waals surface area contributed by atoms with Crippen LogP contribution in [0.2, 0.25) is 0 Å². The van der Waals surface area contributed by atoms with E-state index < -0.39 is 7.82 Å². The Kier molecular flexibility index (Phi) is 48.4. The van der Waals surface area contributed by atoms with Gasteiger partial charge in [-0.05, 0) is 0 Å². The van der Waals surface area contributed by atoms with Gasteiger partial charge < -0.3 is 23.2 Å². The Bertz CT molecular complexity index is 76.5. The fraction of sp³-hybridized carbons (Fsp3) is 0. The zero-order valence-corrected chi connectivity index (χ0v) is 11.8. The molecule has 0 saturated heterocycles. The number of rotatable bonds is 0. The van der Waals surface area contributed by atoms with Crippen molar-refractivity contribution >= 4 is 138 Å². The fourth-order valence-electron chi connectivity index (χ4n) is 0. The minimum atomic E-state index is -4.64. The Labute approximate surface area is 162 Å². The molecule has 9 heteroatoms. The monoisotopic (exact) mass is 254 g/mol. The Morgan fingerprint density at radius 2 is 1.00 bits per heavy atom. The molecule has 0 aliphatic heterocycles. The van der Waals surface area contributed by atoms with Crippen LogP contribution in [0.3, 0.4) is 0 Å². The Morgan fingerprint density at radius 1 is 1.00 bits per heavy atom. The first-order chi connectivity index (χ1) is 2.00. The standard InChI is InChI=1S/Al.3Ca.H3O4P.9H/c;;;;1-5(2,3)4;;;;;;;;;/h;;;;(H3,1,2,3,4);;;;;;;;;/q;3*+2;;;;;6*-1. The first-order valence-corrected chi connectivity index (χ1v) is 2.35. The van der Waals surface area contributed by atoms with Crippen molar-refractivity contribution < 1.29 is 27.8 Å². The molecule has 0 aromatic carbocycles. The van der Waals surface area contributed by atoms with Crippen LogP contribution in [0.15, 0.2) is 0 Å². The van der Waals surface area contributed by atoms with Crippen LogP contribution >= 0.6 is 7.82 Å². The summed E-state index contributed by atoms with van der Waals surface area (Å²) in [5, 5.41) is 0. The Morgan fingerprint density at radius 3 is 1.00 bits per heavy atom. The molecule has 0 bridgehead atoms. The van der Waals surface area contributed by atoms with Crippen LogP contribution in [0.1, 0.15) is 8.56 Å². The van der Waals surface area contributed by atoms with E-state index in [4.69, 9.17) is 19.2 Å². The molecule has 4 nitrogen and oxygen atoms in total. The predicted octanol–water partition coefficient (Wildman–Crippen LogP) is -2.58. The fourth-order valence-corrected chi connectivity index (χ4v) is 0. The quantitative estimate of drug-likeness (QED) is 0.328. The van der Waals surface area contributed by atoms with E-state index >= 15 is 0 Å². The van der Waals surface area contributed by atoms with Crippen molar-refractivity contribution in [1.82, 2.24) is 0 Å². The molecule has 0 aromatic heterocycles. The molecule has 0 fully saturated rings. The van der Waals surface area contributed by atoms with E-state index in [0.29, 0.717) is 0 Å². The molecule has 0 aliphatic carbocycles. The second-order valence-electron chi connectivity index (χ2n) is 0.513. The molecule has 50 valence electrons. The van der Waals surface area contributed by atoms with Gasteiger partial charge in [0.1, 0.15) is 0 Å². The van der Waals surface area contributed by atoms with Crippen molar-refractivity contribution in [3.8, 4) is 0 Å². The van der Waals surface area contributed by atoms with Crippen LogP contribution in [0.5, 0.6) is 0 Å². The molecule has 9 heavy (non-hydrogen) atoms. The van der Waals surface area contributed by atoms with Crippen LogP contribution in [-0.2, 0) is 4.57 Å². The van der Waals surface area contributed by atoms with E-state index in [0.717, 1.165) is 0 Å². The van der Waals surface area contributed by atoms with Crippen molar-refractivity contribution in [1.29, 1.82) is 0 Å². The molecule has 0 heterocycles. The third-order valence-electron chi connectivity index (χ3n) is 0. The first kappa shape index (κ1) is 29.2. The number of hydrogen-bond acceptors (Lipinski definition) is 1. The van der Waals surface area contributed by atoms with Crippen molar-refractivity contribution in [2.24, 2.45) is 0 Å². The molecular formula is H12AlCa3O4P. The van der Waals surface area contributed by atoms with E-state index in [1.807, 2.05) is 0 Å². The molecule has 3 N–H and O–H groups in total. The molecule has 0 aromatic rings. The average Bonchev–Trinajstić information content (AvgIpc) is 0.722. The van der Waals surface area contributed by atoms with Crippen LogP contribution < -0.4 is 0 Å². The van der Waals surface area contributed by atoms with Gasteiger partial charge in [-0.25, -0.2) is 4.57 Å². The van der Waals surface area contributed by atoms with Crippen molar-refractivity contribution in [3.63, 3.8) is 0 Å². The maximum atomic E-state index is 8.88. The van der Waals surface area contributed by atoms with Crippen LogP contribution in [0, 0.1) is 0 Å². The van der Waals surface area contributed by atoms with Gasteiger partial charge in [0.25, 0.3) is 0 Å². The summed E-state index contributed by atoms with van der Waals surface area (Å²) >= 11 is 0. The van der Waals surface area contributed by atoms with Crippen molar-refractivity contribution in [2.45, 2.75) is 0 Å². The van der Waals surface area contributed by atoms with E-state index in [-0.39, 0.29) is 139 Å². The van der Waals surface area contributed by atoms with E-state index in [2.05, 4.69) is 0 Å². The summed E-state index contributed by atoms with van der Waals surface area (Å²) in [6, 6.07) is 0. The molecule has 0 saturated carbocycles. The molecule has 0 unspecified atom stereocenters. The van der Waals surface area contributed by atoms with Crippen LogP contribution in [0.25, 0.3) is 0 Å². The molecule has 0 amide bonds. The van der Waals surface area contributed by atoms with E-state index in [9.17, 15) is 0 Å². The summed E-state index contributed by atoms with van der Waals surface area (Å²) in [5.74, 6) is 0. The average molecular weight is 254 g/mol. The molecule has 0 rings (SSSR count). The number of hydrogen-bond donors (Lipinski definition) is 3. The maximum Gasteiger partial charge on any atom is 2.00 e. The largest absolute Gasteiger partial charge is 2.00 e. The van der Waals surface area contributed by atoms with Gasteiger partial charge >= 0.3 is 121 Å².